The van der Waals surface area contributed by atoms with Gasteiger partial charge in [-0.15, -0.1) is 12.8 Å². The van der Waals surface area contributed by atoms with Crippen molar-refractivity contribution in [2.75, 3.05) is 6.54 Å². The van der Waals surface area contributed by atoms with E-state index in [9.17, 15) is 9.59 Å². The van der Waals surface area contributed by atoms with E-state index in [0.717, 1.165) is 50.0 Å². The first kappa shape index (κ1) is 37.1. The first-order chi connectivity index (χ1) is 20.5. The van der Waals surface area contributed by atoms with E-state index in [-0.39, 0.29) is 17.5 Å². The molecule has 1 N–H and O–H groups in total. The zero-order valence-corrected chi connectivity index (χ0v) is 27.2. The minimum atomic E-state index is -0.143. The van der Waals surface area contributed by atoms with E-state index < -0.39 is 0 Å². The van der Waals surface area contributed by atoms with E-state index in [4.69, 9.17) is 5.26 Å². The molecule has 1 atom stereocenters. The molecule has 1 aliphatic carbocycles. The van der Waals surface area contributed by atoms with E-state index in [1.807, 2.05) is 30.6 Å². The summed E-state index contributed by atoms with van der Waals surface area (Å²) in [5.74, 6) is 0.585. The highest BCUT2D eigenvalue weighted by Gasteiger charge is 2.42. The zero-order chi connectivity index (χ0) is 32.5. The lowest BCUT2D eigenvalue weighted by Gasteiger charge is -2.53. The second-order valence-electron chi connectivity index (χ2n) is 12.5. The third-order valence-electron chi connectivity index (χ3n) is 8.32. The number of terminal acetylenes is 1. The van der Waals surface area contributed by atoms with Crippen LogP contribution in [0.5, 0.6) is 0 Å². The number of carbonyl (C=O) groups is 2. The number of rotatable bonds is 12. The summed E-state index contributed by atoms with van der Waals surface area (Å²) in [6.45, 7) is 18.2. The normalized spacial score (nSPS) is 18.3. The Morgan fingerprint density at radius 2 is 1.84 bits per heavy atom. The molecule has 1 saturated carbocycles. The van der Waals surface area contributed by atoms with E-state index in [1.165, 1.54) is 30.9 Å². The lowest BCUT2D eigenvalue weighted by molar-refractivity contribution is -0.107. The standard InChI is InChI=1S/C33H47N3O2.C2H3N.C2H2/c1-7-10-30(27-12-14-28(15-13-27)31(38)35-21-9-22-37)36(25(2)23-26-11-8-20-34-24-26)33(6)18-16-29(17-19-33)32(3,4)5;1-2-3;1-2/h8,11-15,20,22,24,29-30H,2,7,9-10,16-19,21,23H2,1,3-6H3,(H,35,38);1H3;1-2H. The Bertz CT molecular complexity index is 1180. The number of benzene rings is 1. The lowest BCUT2D eigenvalue weighted by Crippen LogP contribution is -2.50. The fourth-order valence-corrected chi connectivity index (χ4v) is 6.07. The van der Waals surface area contributed by atoms with Crippen LogP contribution >= 0.6 is 0 Å². The molecule has 3 rings (SSSR count). The van der Waals surface area contributed by atoms with Crippen molar-refractivity contribution in [2.24, 2.45) is 11.3 Å². The van der Waals surface area contributed by atoms with Crippen molar-refractivity contribution in [3.63, 3.8) is 0 Å². The molecule has 6 heteroatoms. The Morgan fingerprint density at radius 3 is 2.33 bits per heavy atom. The summed E-state index contributed by atoms with van der Waals surface area (Å²) < 4.78 is 0. The molecule has 1 unspecified atom stereocenters. The Morgan fingerprint density at radius 1 is 1.23 bits per heavy atom. The van der Waals surface area contributed by atoms with E-state index in [0.29, 0.717) is 23.9 Å². The molecule has 6 nitrogen and oxygen atoms in total. The van der Waals surface area contributed by atoms with Crippen molar-refractivity contribution in [1.82, 2.24) is 15.2 Å². The predicted molar refractivity (Wildman–Crippen MR) is 177 cm³/mol. The molecule has 0 saturated heterocycles. The number of nitriles is 1. The molecule has 1 aromatic carbocycles. The smallest absolute Gasteiger partial charge is 0.251 e. The first-order valence-corrected chi connectivity index (χ1v) is 15.3. The number of amides is 1. The summed E-state index contributed by atoms with van der Waals surface area (Å²) in [5, 5.41) is 10.1. The van der Waals surface area contributed by atoms with Gasteiger partial charge < -0.3 is 15.0 Å². The molecule has 0 radical (unpaired) electrons. The van der Waals surface area contributed by atoms with Gasteiger partial charge >= 0.3 is 0 Å². The van der Waals surface area contributed by atoms with Crippen LogP contribution in [0.25, 0.3) is 0 Å². The Kier molecular flexibility index (Phi) is 16.1. The van der Waals surface area contributed by atoms with Crippen LogP contribution in [0.2, 0.25) is 0 Å². The van der Waals surface area contributed by atoms with Gasteiger partial charge in [0.25, 0.3) is 5.91 Å². The van der Waals surface area contributed by atoms with Crippen LogP contribution in [0.15, 0.2) is 61.1 Å². The van der Waals surface area contributed by atoms with Crippen molar-refractivity contribution in [1.29, 1.82) is 5.26 Å². The van der Waals surface area contributed by atoms with Gasteiger partial charge in [-0.1, -0.05) is 58.9 Å². The topological polar surface area (TPSA) is 86.1 Å². The number of nitrogens with one attached hydrogen (secondary N) is 1. The fraction of sp³-hybridized carbons (Fsp3) is 0.514. The van der Waals surface area contributed by atoms with Crippen LogP contribution in [-0.4, -0.2) is 34.2 Å². The number of aromatic nitrogens is 1. The van der Waals surface area contributed by atoms with Crippen LogP contribution in [0, 0.1) is 35.5 Å². The van der Waals surface area contributed by atoms with Gasteiger partial charge in [0.05, 0.1) is 12.1 Å². The predicted octanol–water partition coefficient (Wildman–Crippen LogP) is 8.07. The van der Waals surface area contributed by atoms with Gasteiger partial charge in [0.2, 0.25) is 0 Å². The molecule has 1 amide bonds. The minimum absolute atomic E-state index is 0.00571. The van der Waals surface area contributed by atoms with Gasteiger partial charge in [-0.25, -0.2) is 0 Å². The number of pyridine rings is 1. The maximum Gasteiger partial charge on any atom is 0.251 e. The quantitative estimate of drug-likeness (QED) is 0.155. The molecule has 1 aliphatic rings. The third kappa shape index (κ3) is 11.4. The van der Waals surface area contributed by atoms with Crippen LogP contribution < -0.4 is 5.32 Å². The average molecular weight is 585 g/mol. The van der Waals surface area contributed by atoms with E-state index in [2.05, 4.69) is 87.4 Å². The van der Waals surface area contributed by atoms with Crippen molar-refractivity contribution in [3.05, 3.63) is 77.8 Å². The molecular formula is C37H52N4O2. The number of allylic oxidation sites excluding steroid dienone is 1. The molecule has 1 heterocycles. The number of carbonyl (C=O) groups excluding carboxylic acids is 2. The van der Waals surface area contributed by atoms with Crippen molar-refractivity contribution >= 4 is 12.2 Å². The summed E-state index contributed by atoms with van der Waals surface area (Å²) in [7, 11) is 0. The number of nitrogens with zero attached hydrogens (tertiary/aromatic N) is 3. The summed E-state index contributed by atoms with van der Waals surface area (Å²) in [6, 6.07) is 14.1. The summed E-state index contributed by atoms with van der Waals surface area (Å²) >= 11 is 0. The monoisotopic (exact) mass is 584 g/mol. The summed E-state index contributed by atoms with van der Waals surface area (Å²) in [6.07, 6.45) is 20.4. The van der Waals surface area contributed by atoms with E-state index in [1.54, 1.807) is 6.07 Å². The Hall–Kier alpha value is -3.90. The maximum atomic E-state index is 12.5. The molecular weight excluding hydrogens is 532 g/mol. The highest BCUT2D eigenvalue weighted by molar-refractivity contribution is 5.94. The van der Waals surface area contributed by atoms with Crippen LogP contribution in [0.1, 0.15) is 114 Å². The van der Waals surface area contributed by atoms with Gasteiger partial charge in [-0.05, 0) is 79.7 Å². The second-order valence-corrected chi connectivity index (χ2v) is 12.5. The molecule has 1 fully saturated rings. The molecule has 232 valence electrons. The Labute approximate surface area is 261 Å². The highest BCUT2D eigenvalue weighted by atomic mass is 16.1. The molecule has 0 aliphatic heterocycles. The molecule has 0 bridgehead atoms. The largest absolute Gasteiger partial charge is 0.363 e. The number of aldehydes is 1. The van der Waals surface area contributed by atoms with Crippen LogP contribution in [-0.2, 0) is 11.2 Å². The van der Waals surface area contributed by atoms with Crippen LogP contribution in [0.4, 0.5) is 0 Å². The highest BCUT2D eigenvalue weighted by Crippen LogP contribution is 2.48. The van der Waals surface area contributed by atoms with Gasteiger partial charge in [0.1, 0.15) is 6.29 Å². The SMILES string of the molecule is C#C.C=C(Cc1cccnc1)N(C(CCC)c1ccc(C(=O)NCCC=O)cc1)C1(C)CCC(C(C)(C)C)CC1.CC#N. The van der Waals surface area contributed by atoms with Gasteiger partial charge in [-0.3, -0.25) is 9.78 Å². The first-order valence-electron chi connectivity index (χ1n) is 15.3. The molecule has 0 spiro atoms. The maximum absolute atomic E-state index is 12.5. The van der Waals surface area contributed by atoms with Crippen molar-refractivity contribution in [3.8, 4) is 18.9 Å². The molecule has 43 heavy (non-hydrogen) atoms. The van der Waals surface area contributed by atoms with Crippen LogP contribution in [0.3, 0.4) is 0 Å². The van der Waals surface area contributed by atoms with Gasteiger partial charge in [0.15, 0.2) is 0 Å². The number of hydrogen-bond acceptors (Lipinski definition) is 5. The van der Waals surface area contributed by atoms with Gasteiger partial charge in [-0.2, -0.15) is 5.26 Å². The lowest BCUT2D eigenvalue weighted by atomic mass is 9.67. The van der Waals surface area contributed by atoms with E-state index >= 15 is 0 Å². The molecule has 2 aromatic rings. The molecule has 1 aromatic heterocycles. The van der Waals surface area contributed by atoms with Crippen molar-refractivity contribution in [2.45, 2.75) is 104 Å². The second kappa shape index (κ2) is 18.6. The summed E-state index contributed by atoms with van der Waals surface area (Å²) in [5.41, 5.74) is 4.46. The zero-order valence-electron chi connectivity index (χ0n) is 27.2. The van der Waals surface area contributed by atoms with Gasteiger partial charge in [0, 0.05) is 55.5 Å². The number of hydrogen-bond donors (Lipinski definition) is 1. The third-order valence-corrected chi connectivity index (χ3v) is 8.32. The average Bonchev–Trinajstić information content (AvgIpc) is 2.99. The minimum Gasteiger partial charge on any atom is -0.363 e. The Balaban J connectivity index is 0.00000174. The fourth-order valence-electron chi connectivity index (χ4n) is 6.07. The van der Waals surface area contributed by atoms with Crippen molar-refractivity contribution < 1.29 is 9.59 Å². The summed E-state index contributed by atoms with van der Waals surface area (Å²) in [4.78, 5) is 30.1.